The molecule has 1 aromatic heterocycles. The van der Waals surface area contributed by atoms with Gasteiger partial charge in [0.1, 0.15) is 5.75 Å². The molecule has 94 valence electrons. The van der Waals surface area contributed by atoms with Crippen molar-refractivity contribution in [1.82, 2.24) is 0 Å². The lowest BCUT2D eigenvalue weighted by molar-refractivity contribution is -0.129. The molecule has 1 aromatic carbocycles. The number of benzene rings is 1. The number of phenols is 1. The maximum absolute atomic E-state index is 11.7. The number of esters is 1. The average Bonchev–Trinajstić information content (AvgIpc) is 3.02. The SMILES string of the molecule is O=C1OC(c2ccc(O)cc2)=N/C1=C/c1cccs1. The van der Waals surface area contributed by atoms with Crippen molar-refractivity contribution in [2.45, 2.75) is 0 Å². The molecule has 5 heteroatoms. The van der Waals surface area contributed by atoms with E-state index < -0.39 is 5.97 Å². The molecule has 2 heterocycles. The number of ether oxygens (including phenoxy) is 1. The fourth-order valence-electron chi connectivity index (χ4n) is 1.64. The topological polar surface area (TPSA) is 58.9 Å². The van der Waals surface area contributed by atoms with Crippen LogP contribution in [0.4, 0.5) is 0 Å². The van der Waals surface area contributed by atoms with E-state index >= 15 is 0 Å². The molecule has 0 radical (unpaired) electrons. The number of nitrogens with zero attached hydrogens (tertiary/aromatic N) is 1. The first-order chi connectivity index (χ1) is 9.22. The standard InChI is InChI=1S/C14H9NO3S/c16-10-5-3-9(4-6-10)13-15-12(14(17)18-13)8-11-2-1-7-19-11/h1-8,16H/b12-8+. The van der Waals surface area contributed by atoms with Crippen LogP contribution in [0.1, 0.15) is 10.4 Å². The van der Waals surface area contributed by atoms with E-state index in [0.717, 1.165) is 4.88 Å². The largest absolute Gasteiger partial charge is 0.508 e. The Hall–Kier alpha value is -2.40. The summed E-state index contributed by atoms with van der Waals surface area (Å²) in [5, 5.41) is 11.1. The Balaban J connectivity index is 1.93. The first kappa shape index (κ1) is 11.7. The number of aliphatic imine (C=N–C) groups is 1. The normalized spacial score (nSPS) is 16.5. The molecule has 0 spiro atoms. The van der Waals surface area contributed by atoms with Crippen LogP contribution in [-0.2, 0) is 9.53 Å². The van der Waals surface area contributed by atoms with Crippen LogP contribution in [-0.4, -0.2) is 17.0 Å². The lowest BCUT2D eigenvalue weighted by Crippen LogP contribution is -2.04. The van der Waals surface area contributed by atoms with Gasteiger partial charge < -0.3 is 9.84 Å². The third kappa shape index (κ3) is 2.41. The fraction of sp³-hybridized carbons (Fsp3) is 0. The van der Waals surface area contributed by atoms with Crippen molar-refractivity contribution in [2.75, 3.05) is 0 Å². The van der Waals surface area contributed by atoms with Crippen molar-refractivity contribution in [3.63, 3.8) is 0 Å². The van der Waals surface area contributed by atoms with Crippen LogP contribution in [0.5, 0.6) is 5.75 Å². The summed E-state index contributed by atoms with van der Waals surface area (Å²) >= 11 is 1.52. The second-order valence-corrected chi connectivity index (χ2v) is 4.88. The van der Waals surface area contributed by atoms with Crippen molar-refractivity contribution in [3.05, 3.63) is 57.9 Å². The van der Waals surface area contributed by atoms with Crippen LogP contribution in [0, 0.1) is 0 Å². The van der Waals surface area contributed by atoms with Crippen LogP contribution >= 0.6 is 11.3 Å². The molecule has 0 amide bonds. The van der Waals surface area contributed by atoms with Gasteiger partial charge in [-0.2, -0.15) is 0 Å². The number of carbonyl (C=O) groups is 1. The molecule has 0 atom stereocenters. The van der Waals surface area contributed by atoms with Crippen LogP contribution in [0.3, 0.4) is 0 Å². The number of thiophene rings is 1. The first-order valence-corrected chi connectivity index (χ1v) is 6.46. The zero-order chi connectivity index (χ0) is 13.2. The lowest BCUT2D eigenvalue weighted by Gasteiger charge is -1.98. The summed E-state index contributed by atoms with van der Waals surface area (Å²) in [6, 6.07) is 10.1. The first-order valence-electron chi connectivity index (χ1n) is 5.58. The van der Waals surface area contributed by atoms with Gasteiger partial charge >= 0.3 is 5.97 Å². The summed E-state index contributed by atoms with van der Waals surface area (Å²) in [5.41, 5.74) is 0.936. The number of rotatable bonds is 2. The minimum absolute atomic E-state index is 0.156. The molecule has 1 N–H and O–H groups in total. The Morgan fingerprint density at radius 1 is 1.21 bits per heavy atom. The van der Waals surface area contributed by atoms with E-state index in [2.05, 4.69) is 4.99 Å². The van der Waals surface area contributed by atoms with Crippen molar-refractivity contribution in [1.29, 1.82) is 0 Å². The van der Waals surface area contributed by atoms with Gasteiger partial charge in [0, 0.05) is 10.4 Å². The molecule has 19 heavy (non-hydrogen) atoms. The second kappa shape index (κ2) is 4.70. The number of hydrogen-bond acceptors (Lipinski definition) is 5. The average molecular weight is 271 g/mol. The maximum Gasteiger partial charge on any atom is 0.363 e. The number of hydrogen-bond donors (Lipinski definition) is 1. The van der Waals surface area contributed by atoms with Crippen LogP contribution in [0.2, 0.25) is 0 Å². The Morgan fingerprint density at radius 2 is 2.00 bits per heavy atom. The molecule has 0 aliphatic carbocycles. The highest BCUT2D eigenvalue weighted by atomic mass is 32.1. The Bertz CT molecular complexity index is 669. The van der Waals surface area contributed by atoms with Gasteiger partial charge in [-0.05, 0) is 41.8 Å². The molecule has 0 saturated heterocycles. The molecular formula is C14H9NO3S. The molecule has 4 nitrogen and oxygen atoms in total. The Morgan fingerprint density at radius 3 is 2.68 bits per heavy atom. The summed E-state index contributed by atoms with van der Waals surface area (Å²) in [4.78, 5) is 16.8. The lowest BCUT2D eigenvalue weighted by atomic mass is 10.2. The molecule has 1 aliphatic rings. The predicted molar refractivity (Wildman–Crippen MR) is 73.0 cm³/mol. The fourth-order valence-corrected chi connectivity index (χ4v) is 2.30. The van der Waals surface area contributed by atoms with E-state index in [4.69, 9.17) is 4.74 Å². The second-order valence-electron chi connectivity index (χ2n) is 3.90. The van der Waals surface area contributed by atoms with Crippen molar-refractivity contribution >= 4 is 29.3 Å². The Labute approximate surface area is 113 Å². The molecule has 0 saturated carbocycles. The number of cyclic esters (lactones) is 1. The zero-order valence-corrected chi connectivity index (χ0v) is 10.6. The van der Waals surface area contributed by atoms with Crippen molar-refractivity contribution < 1.29 is 14.6 Å². The van der Waals surface area contributed by atoms with E-state index in [1.807, 2.05) is 17.5 Å². The smallest absolute Gasteiger partial charge is 0.363 e. The number of carbonyl (C=O) groups excluding carboxylic acids is 1. The van der Waals surface area contributed by atoms with E-state index in [-0.39, 0.29) is 17.3 Å². The summed E-state index contributed by atoms with van der Waals surface area (Å²) in [6.07, 6.45) is 1.69. The van der Waals surface area contributed by atoms with Gasteiger partial charge in [0.15, 0.2) is 5.70 Å². The van der Waals surface area contributed by atoms with Gasteiger partial charge in [-0.3, -0.25) is 0 Å². The predicted octanol–water partition coefficient (Wildman–Crippen LogP) is 2.80. The maximum atomic E-state index is 11.7. The Kier molecular flexibility index (Phi) is 2.89. The van der Waals surface area contributed by atoms with Gasteiger partial charge in [-0.15, -0.1) is 11.3 Å². The van der Waals surface area contributed by atoms with Gasteiger partial charge in [-0.1, -0.05) is 6.07 Å². The van der Waals surface area contributed by atoms with Crippen molar-refractivity contribution in [3.8, 4) is 5.75 Å². The van der Waals surface area contributed by atoms with Gasteiger partial charge in [0.05, 0.1) is 0 Å². The third-order valence-corrected chi connectivity index (χ3v) is 3.38. The van der Waals surface area contributed by atoms with E-state index in [1.165, 1.54) is 23.5 Å². The quantitative estimate of drug-likeness (QED) is 0.675. The molecule has 2 aromatic rings. The molecule has 1 aliphatic heterocycles. The monoisotopic (exact) mass is 271 g/mol. The summed E-state index contributed by atoms with van der Waals surface area (Å²) in [6.45, 7) is 0. The minimum atomic E-state index is -0.462. The molecule has 3 rings (SSSR count). The van der Waals surface area contributed by atoms with Crippen LogP contribution < -0.4 is 0 Å². The van der Waals surface area contributed by atoms with E-state index in [0.29, 0.717) is 5.56 Å². The highest BCUT2D eigenvalue weighted by Crippen LogP contribution is 2.21. The number of phenolic OH excluding ortho intramolecular Hbond substituents is 1. The van der Waals surface area contributed by atoms with Crippen molar-refractivity contribution in [2.24, 2.45) is 4.99 Å². The van der Waals surface area contributed by atoms with E-state index in [9.17, 15) is 9.90 Å². The van der Waals surface area contributed by atoms with Crippen LogP contribution in [0.25, 0.3) is 6.08 Å². The summed E-state index contributed by atoms with van der Waals surface area (Å²) in [7, 11) is 0. The number of aromatic hydroxyl groups is 1. The van der Waals surface area contributed by atoms with E-state index in [1.54, 1.807) is 18.2 Å². The molecule has 0 unspecified atom stereocenters. The summed E-state index contributed by atoms with van der Waals surface area (Å²) < 4.78 is 5.11. The summed E-state index contributed by atoms with van der Waals surface area (Å²) in [5.74, 6) is -0.0488. The minimum Gasteiger partial charge on any atom is -0.508 e. The molecule has 0 bridgehead atoms. The molecule has 0 fully saturated rings. The highest BCUT2D eigenvalue weighted by Gasteiger charge is 2.24. The molecular weight excluding hydrogens is 262 g/mol. The highest BCUT2D eigenvalue weighted by molar-refractivity contribution is 7.10. The van der Waals surface area contributed by atoms with Gasteiger partial charge in [-0.25, -0.2) is 9.79 Å². The van der Waals surface area contributed by atoms with Crippen LogP contribution in [0.15, 0.2) is 52.5 Å². The van der Waals surface area contributed by atoms with Gasteiger partial charge in [0.25, 0.3) is 0 Å². The van der Waals surface area contributed by atoms with Gasteiger partial charge in [0.2, 0.25) is 5.90 Å². The third-order valence-electron chi connectivity index (χ3n) is 2.56. The zero-order valence-electron chi connectivity index (χ0n) is 9.74.